The number of hydrogen-bond donors (Lipinski definition) is 1. The lowest BCUT2D eigenvalue weighted by molar-refractivity contribution is -0.132. The molecule has 0 aromatic heterocycles. The van der Waals surface area contributed by atoms with Crippen molar-refractivity contribution in [3.05, 3.63) is 11.6 Å². The highest BCUT2D eigenvalue weighted by Crippen LogP contribution is 2.56. The third-order valence-corrected chi connectivity index (χ3v) is 10.7. The van der Waals surface area contributed by atoms with Crippen molar-refractivity contribution in [3.8, 4) is 0 Å². The van der Waals surface area contributed by atoms with Gasteiger partial charge in [0, 0.05) is 5.57 Å². The van der Waals surface area contributed by atoms with E-state index in [-0.39, 0.29) is 5.41 Å². The maximum atomic E-state index is 12.4. The summed E-state index contributed by atoms with van der Waals surface area (Å²) < 4.78 is 0. The predicted octanol–water partition coefficient (Wildman–Crippen LogP) is 11.4. The first-order valence-corrected chi connectivity index (χ1v) is 17.1. The zero-order valence-electron chi connectivity index (χ0n) is 24.8. The molecule has 3 aliphatic carbocycles. The molecule has 0 saturated heterocycles. The maximum Gasteiger partial charge on any atom is 0.330 e. The highest BCUT2D eigenvalue weighted by Gasteiger charge is 2.48. The normalized spacial score (nSPS) is 25.3. The molecule has 3 saturated carbocycles. The van der Waals surface area contributed by atoms with Crippen LogP contribution in [-0.4, -0.2) is 11.1 Å². The van der Waals surface area contributed by atoms with E-state index < -0.39 is 5.97 Å². The fourth-order valence-corrected chi connectivity index (χ4v) is 8.72. The highest BCUT2D eigenvalue weighted by molar-refractivity contribution is 5.86. The first-order valence-electron chi connectivity index (χ1n) is 17.1. The SMILES string of the molecule is C/C(=C\C(C1CCCCCCCCC1)(C1CCCCCCCCC1)C1CCCCCCCCC1)C(=O)O. The molecule has 3 rings (SSSR count). The second-order valence-corrected chi connectivity index (χ2v) is 13.4. The molecule has 2 nitrogen and oxygen atoms in total. The second-order valence-electron chi connectivity index (χ2n) is 13.4. The van der Waals surface area contributed by atoms with E-state index in [0.717, 1.165) is 0 Å². The molecule has 0 aromatic carbocycles. The van der Waals surface area contributed by atoms with Gasteiger partial charge in [-0.3, -0.25) is 0 Å². The molecule has 37 heavy (non-hydrogen) atoms. The van der Waals surface area contributed by atoms with Crippen LogP contribution < -0.4 is 0 Å². The Labute approximate surface area is 230 Å². The lowest BCUT2D eigenvalue weighted by atomic mass is 9.52. The van der Waals surface area contributed by atoms with Gasteiger partial charge in [0.15, 0.2) is 0 Å². The molecule has 0 aliphatic heterocycles. The van der Waals surface area contributed by atoms with Crippen molar-refractivity contribution < 1.29 is 9.90 Å². The van der Waals surface area contributed by atoms with Crippen LogP contribution in [0, 0.1) is 23.2 Å². The Bertz CT molecular complexity index is 555. The van der Waals surface area contributed by atoms with Crippen molar-refractivity contribution in [1.29, 1.82) is 0 Å². The van der Waals surface area contributed by atoms with Gasteiger partial charge in [-0.2, -0.15) is 0 Å². The summed E-state index contributed by atoms with van der Waals surface area (Å²) in [7, 11) is 0. The Balaban J connectivity index is 2.07. The Hall–Kier alpha value is -0.790. The van der Waals surface area contributed by atoms with E-state index in [4.69, 9.17) is 0 Å². The number of allylic oxidation sites excluding steroid dienone is 1. The molecule has 0 unspecified atom stereocenters. The quantitative estimate of drug-likeness (QED) is 0.370. The summed E-state index contributed by atoms with van der Waals surface area (Å²) in [6.45, 7) is 1.93. The van der Waals surface area contributed by atoms with E-state index in [9.17, 15) is 9.90 Å². The van der Waals surface area contributed by atoms with Gasteiger partial charge in [-0.1, -0.05) is 141 Å². The van der Waals surface area contributed by atoms with E-state index in [2.05, 4.69) is 6.08 Å². The molecule has 0 spiro atoms. The highest BCUT2D eigenvalue weighted by atomic mass is 16.4. The van der Waals surface area contributed by atoms with Gasteiger partial charge in [-0.05, 0) is 68.6 Å². The summed E-state index contributed by atoms with van der Waals surface area (Å²) in [5.41, 5.74) is 0.728. The van der Waals surface area contributed by atoms with Crippen molar-refractivity contribution in [2.45, 2.75) is 180 Å². The Morgan fingerprint density at radius 2 is 0.703 bits per heavy atom. The molecule has 0 bridgehead atoms. The second kappa shape index (κ2) is 17.7. The zero-order chi connectivity index (χ0) is 26.2. The number of rotatable bonds is 5. The van der Waals surface area contributed by atoms with Crippen LogP contribution in [0.15, 0.2) is 11.6 Å². The molecule has 0 aromatic rings. The third-order valence-electron chi connectivity index (χ3n) is 10.7. The Morgan fingerprint density at radius 1 is 0.486 bits per heavy atom. The van der Waals surface area contributed by atoms with E-state index >= 15 is 0 Å². The largest absolute Gasteiger partial charge is 0.478 e. The summed E-state index contributed by atoms with van der Waals surface area (Å²) in [5, 5.41) is 10.2. The number of carboxylic acid groups (broad SMARTS) is 1. The van der Waals surface area contributed by atoms with E-state index in [0.29, 0.717) is 23.3 Å². The van der Waals surface area contributed by atoms with E-state index in [1.807, 2.05) is 6.92 Å². The monoisotopic (exact) mass is 514 g/mol. The minimum atomic E-state index is -0.677. The fourth-order valence-electron chi connectivity index (χ4n) is 8.72. The van der Waals surface area contributed by atoms with E-state index in [1.165, 1.54) is 173 Å². The van der Waals surface area contributed by atoms with Gasteiger partial charge in [-0.25, -0.2) is 4.79 Å². The molecule has 3 aliphatic rings. The molecule has 2 heteroatoms. The lowest BCUT2D eigenvalue weighted by Crippen LogP contribution is -2.44. The van der Waals surface area contributed by atoms with Crippen LogP contribution in [0.3, 0.4) is 0 Å². The fraction of sp³-hybridized carbons (Fsp3) is 0.914. The first kappa shape index (κ1) is 30.7. The molecule has 0 amide bonds. The smallest absolute Gasteiger partial charge is 0.330 e. The third kappa shape index (κ3) is 10.0. The van der Waals surface area contributed by atoms with Gasteiger partial charge in [0.1, 0.15) is 0 Å². The number of carboxylic acids is 1. The van der Waals surface area contributed by atoms with Crippen LogP contribution in [0.1, 0.15) is 180 Å². The molecular weight excluding hydrogens is 452 g/mol. The summed E-state index contributed by atoms with van der Waals surface area (Å²) in [4.78, 5) is 12.4. The van der Waals surface area contributed by atoms with Crippen molar-refractivity contribution in [2.24, 2.45) is 23.2 Å². The molecule has 0 atom stereocenters. The molecule has 0 heterocycles. The zero-order valence-corrected chi connectivity index (χ0v) is 24.8. The van der Waals surface area contributed by atoms with Gasteiger partial charge in [0.2, 0.25) is 0 Å². The Kier molecular flexibility index (Phi) is 14.7. The van der Waals surface area contributed by atoms with Crippen LogP contribution in [0.2, 0.25) is 0 Å². The van der Waals surface area contributed by atoms with Gasteiger partial charge < -0.3 is 5.11 Å². The Morgan fingerprint density at radius 3 is 0.919 bits per heavy atom. The predicted molar refractivity (Wildman–Crippen MR) is 159 cm³/mol. The number of hydrogen-bond acceptors (Lipinski definition) is 1. The van der Waals surface area contributed by atoms with Gasteiger partial charge >= 0.3 is 5.97 Å². The van der Waals surface area contributed by atoms with Crippen molar-refractivity contribution in [1.82, 2.24) is 0 Å². The van der Waals surface area contributed by atoms with Gasteiger partial charge in [0.05, 0.1) is 0 Å². The molecule has 214 valence electrons. The van der Waals surface area contributed by atoms with Gasteiger partial charge in [-0.15, -0.1) is 0 Å². The summed E-state index contributed by atoms with van der Waals surface area (Å²) in [6.07, 6.45) is 39.5. The van der Waals surface area contributed by atoms with Crippen LogP contribution in [-0.2, 0) is 4.79 Å². The van der Waals surface area contributed by atoms with Crippen molar-refractivity contribution in [2.75, 3.05) is 0 Å². The average molecular weight is 515 g/mol. The molecule has 0 radical (unpaired) electrons. The van der Waals surface area contributed by atoms with Crippen LogP contribution in [0.4, 0.5) is 0 Å². The van der Waals surface area contributed by atoms with Gasteiger partial charge in [0.25, 0.3) is 0 Å². The lowest BCUT2D eigenvalue weighted by Gasteiger charge is -2.52. The first-order chi connectivity index (χ1) is 18.1. The summed E-state index contributed by atoms with van der Waals surface area (Å²) in [5.74, 6) is 1.33. The summed E-state index contributed by atoms with van der Waals surface area (Å²) >= 11 is 0. The average Bonchev–Trinajstić information content (AvgIpc) is 2.91. The van der Waals surface area contributed by atoms with Crippen LogP contribution in [0.25, 0.3) is 0 Å². The standard InChI is InChI=1S/C35H62O2/c1-30(34(36)37)29-35(31-23-17-11-5-2-6-12-18-24-31,32-25-19-13-7-3-8-14-20-26-32)33-27-21-15-9-4-10-16-22-28-33/h29,31-33H,2-28H2,1H3,(H,36,37)/b30-29+. The maximum absolute atomic E-state index is 12.4. The van der Waals surface area contributed by atoms with Crippen LogP contribution >= 0.6 is 0 Å². The summed E-state index contributed by atoms with van der Waals surface area (Å²) in [6, 6.07) is 0. The topological polar surface area (TPSA) is 37.3 Å². The molecule has 1 N–H and O–H groups in total. The number of carbonyl (C=O) groups is 1. The number of aliphatic carboxylic acids is 1. The molecule has 3 fully saturated rings. The van der Waals surface area contributed by atoms with Crippen LogP contribution in [0.5, 0.6) is 0 Å². The van der Waals surface area contributed by atoms with E-state index in [1.54, 1.807) is 0 Å². The van der Waals surface area contributed by atoms with Crippen molar-refractivity contribution >= 4 is 5.97 Å². The minimum Gasteiger partial charge on any atom is -0.478 e. The minimum absolute atomic E-state index is 0.0834. The van der Waals surface area contributed by atoms with Crippen molar-refractivity contribution in [3.63, 3.8) is 0 Å². The molecular formula is C35H62O2.